The van der Waals surface area contributed by atoms with E-state index in [9.17, 15) is 9.59 Å². The number of hydrogen-bond donors (Lipinski definition) is 1. The second-order valence-corrected chi connectivity index (χ2v) is 11.7. The van der Waals surface area contributed by atoms with Crippen LogP contribution in [0.3, 0.4) is 0 Å². The number of anilines is 1. The predicted octanol–water partition coefficient (Wildman–Crippen LogP) is 8.82. The van der Waals surface area contributed by atoms with E-state index < -0.39 is 6.04 Å². The molecule has 0 saturated carbocycles. The normalized spacial score (nSPS) is 12.1. The lowest BCUT2D eigenvalue weighted by Crippen LogP contribution is -2.41. The Morgan fingerprint density at radius 1 is 0.907 bits per heavy atom. The molecule has 0 bridgehead atoms. The Hall–Kier alpha value is -4.13. The van der Waals surface area contributed by atoms with Gasteiger partial charge in [0.1, 0.15) is 11.6 Å². The second-order valence-electron chi connectivity index (χ2n) is 11.7. The highest BCUT2D eigenvalue weighted by atomic mass is 16.5. The van der Waals surface area contributed by atoms with Crippen molar-refractivity contribution in [2.75, 3.05) is 19.0 Å². The third kappa shape index (κ3) is 6.93. The molecule has 0 radical (unpaired) electrons. The van der Waals surface area contributed by atoms with Crippen LogP contribution in [-0.2, 0) is 0 Å². The van der Waals surface area contributed by atoms with Crippen LogP contribution in [0, 0.1) is 0 Å². The zero-order valence-electron chi connectivity index (χ0n) is 26.7. The Morgan fingerprint density at radius 2 is 1.56 bits per heavy atom. The van der Waals surface area contributed by atoms with Crippen molar-refractivity contribution < 1.29 is 9.53 Å². The summed E-state index contributed by atoms with van der Waals surface area (Å²) < 4.78 is 7.04. The molecule has 0 spiro atoms. The van der Waals surface area contributed by atoms with E-state index in [0.717, 1.165) is 36.1 Å². The molecule has 0 aliphatic heterocycles. The first-order chi connectivity index (χ1) is 20.7. The van der Waals surface area contributed by atoms with Crippen LogP contribution >= 0.6 is 0 Å². The summed E-state index contributed by atoms with van der Waals surface area (Å²) in [6.45, 7) is 13.3. The molecular formula is C36H46N4O3. The Labute approximate surface area is 255 Å². The molecule has 0 aliphatic carbocycles. The number of carbonyl (C=O) groups is 1. The molecule has 7 heteroatoms. The molecule has 1 heterocycles. The highest BCUT2D eigenvalue weighted by Crippen LogP contribution is 2.34. The molecule has 1 N–H and O–H groups in total. The van der Waals surface area contributed by atoms with E-state index in [-0.39, 0.29) is 23.4 Å². The van der Waals surface area contributed by atoms with Crippen LogP contribution in [-0.4, -0.2) is 34.1 Å². The maximum Gasteiger partial charge on any atom is 0.322 e. The lowest BCUT2D eigenvalue weighted by atomic mass is 9.92. The first-order valence-electron chi connectivity index (χ1n) is 15.6. The van der Waals surface area contributed by atoms with Crippen molar-refractivity contribution in [3.63, 3.8) is 0 Å². The average Bonchev–Trinajstić information content (AvgIpc) is 3.00. The summed E-state index contributed by atoms with van der Waals surface area (Å²) in [5, 5.41) is 3.87. The van der Waals surface area contributed by atoms with Crippen LogP contribution in [0.15, 0.2) is 71.5 Å². The quantitative estimate of drug-likeness (QED) is 0.169. The summed E-state index contributed by atoms with van der Waals surface area (Å²) in [6.07, 6.45) is 3.47. The minimum absolute atomic E-state index is 0.162. The second kappa shape index (κ2) is 14.4. The van der Waals surface area contributed by atoms with E-state index >= 15 is 0 Å². The number of ether oxygens (including phenoxy) is 1. The van der Waals surface area contributed by atoms with Gasteiger partial charge in [-0.25, -0.2) is 9.78 Å². The molecule has 228 valence electrons. The minimum Gasteiger partial charge on any atom is -0.497 e. The molecule has 1 unspecified atom stereocenters. The summed E-state index contributed by atoms with van der Waals surface area (Å²) in [5.74, 6) is 1.73. The van der Waals surface area contributed by atoms with Crippen molar-refractivity contribution in [3.05, 3.63) is 94.0 Å². The van der Waals surface area contributed by atoms with Crippen molar-refractivity contribution in [2.24, 2.45) is 0 Å². The summed E-state index contributed by atoms with van der Waals surface area (Å²) in [6, 6.07) is 20.4. The van der Waals surface area contributed by atoms with Crippen molar-refractivity contribution in [3.8, 4) is 11.4 Å². The molecule has 4 aromatic rings. The third-order valence-corrected chi connectivity index (χ3v) is 8.06. The van der Waals surface area contributed by atoms with Gasteiger partial charge < -0.3 is 15.0 Å². The summed E-state index contributed by atoms with van der Waals surface area (Å²) in [7, 11) is 1.62. The van der Waals surface area contributed by atoms with Crippen molar-refractivity contribution in [1.29, 1.82) is 0 Å². The fraction of sp³-hybridized carbons (Fsp3) is 0.417. The van der Waals surface area contributed by atoms with Gasteiger partial charge in [-0.2, -0.15) is 0 Å². The maximum atomic E-state index is 14.4. The molecule has 3 aromatic carbocycles. The molecule has 2 amide bonds. The number of carbonyl (C=O) groups excluding carboxylic acids is 1. The lowest BCUT2D eigenvalue weighted by molar-refractivity contribution is 0.179. The van der Waals surface area contributed by atoms with Gasteiger partial charge in [0.15, 0.2) is 0 Å². The number of nitrogens with one attached hydrogen (secondary N) is 1. The Bertz CT molecular complexity index is 1560. The molecule has 0 aliphatic rings. The predicted molar refractivity (Wildman–Crippen MR) is 177 cm³/mol. The Balaban J connectivity index is 1.88. The van der Waals surface area contributed by atoms with Gasteiger partial charge in [0.05, 0.1) is 29.7 Å². The largest absolute Gasteiger partial charge is 0.497 e. The third-order valence-electron chi connectivity index (χ3n) is 8.06. The number of fused-ring (bicyclic) bond motifs is 1. The molecular weight excluding hydrogens is 536 g/mol. The maximum absolute atomic E-state index is 14.4. The number of para-hydroxylation sites is 2. The Kier molecular flexibility index (Phi) is 10.6. The van der Waals surface area contributed by atoms with Crippen LogP contribution in [0.25, 0.3) is 16.6 Å². The van der Waals surface area contributed by atoms with Gasteiger partial charge in [-0.1, -0.05) is 84.7 Å². The first-order valence-corrected chi connectivity index (χ1v) is 15.6. The number of unbranched alkanes of at least 4 members (excludes halogenated alkanes) is 2. The Morgan fingerprint density at radius 3 is 2.14 bits per heavy atom. The summed E-state index contributed by atoms with van der Waals surface area (Å²) in [5.41, 5.74) is 4.24. The number of amides is 2. The molecule has 43 heavy (non-hydrogen) atoms. The standard InChI is InChI=1S/C36H46N4O3/c1-8-10-13-23-39(36(42)38-33-28(24(3)4)16-14-17-29(33)25(5)6)32(9-2)34-37-31-18-12-11-15-30(31)35(41)40(34)26-19-21-27(43-7)22-20-26/h11-12,14-22,24-25,32H,8-10,13,23H2,1-7H3,(H,38,42). The fourth-order valence-corrected chi connectivity index (χ4v) is 5.70. The van der Waals surface area contributed by atoms with E-state index in [4.69, 9.17) is 9.72 Å². The van der Waals surface area contributed by atoms with Gasteiger partial charge in [0, 0.05) is 12.2 Å². The van der Waals surface area contributed by atoms with E-state index in [0.29, 0.717) is 41.1 Å². The van der Waals surface area contributed by atoms with Gasteiger partial charge in [-0.3, -0.25) is 9.36 Å². The van der Waals surface area contributed by atoms with Crippen LogP contribution in [0.5, 0.6) is 5.75 Å². The smallest absolute Gasteiger partial charge is 0.322 e. The van der Waals surface area contributed by atoms with E-state index in [1.165, 1.54) is 0 Å². The van der Waals surface area contributed by atoms with Crippen molar-refractivity contribution in [2.45, 2.75) is 85.1 Å². The van der Waals surface area contributed by atoms with Crippen LogP contribution < -0.4 is 15.6 Å². The molecule has 0 saturated heterocycles. The molecule has 1 aromatic heterocycles. The van der Waals surface area contributed by atoms with E-state index in [1.54, 1.807) is 17.7 Å². The highest BCUT2D eigenvalue weighted by molar-refractivity contribution is 5.92. The van der Waals surface area contributed by atoms with Crippen molar-refractivity contribution in [1.82, 2.24) is 14.5 Å². The first kappa shape index (κ1) is 31.8. The fourth-order valence-electron chi connectivity index (χ4n) is 5.70. The molecule has 7 nitrogen and oxygen atoms in total. The minimum atomic E-state index is -0.440. The number of rotatable bonds is 12. The monoisotopic (exact) mass is 582 g/mol. The van der Waals surface area contributed by atoms with Gasteiger partial charge in [-0.15, -0.1) is 0 Å². The van der Waals surface area contributed by atoms with Crippen LogP contribution in [0.1, 0.15) is 102 Å². The number of methoxy groups -OCH3 is 1. The number of benzene rings is 3. The van der Waals surface area contributed by atoms with E-state index in [2.05, 4.69) is 58.1 Å². The van der Waals surface area contributed by atoms with Gasteiger partial charge >= 0.3 is 6.03 Å². The van der Waals surface area contributed by atoms with Crippen LogP contribution in [0.4, 0.5) is 10.5 Å². The number of hydrogen-bond acceptors (Lipinski definition) is 4. The zero-order valence-corrected chi connectivity index (χ0v) is 26.7. The SMILES string of the molecule is CCCCCN(C(=O)Nc1c(C(C)C)cccc1C(C)C)C(CC)c1nc2ccccc2c(=O)n1-c1ccc(OC)cc1. The molecule has 0 fully saturated rings. The van der Waals surface area contributed by atoms with Crippen LogP contribution in [0.2, 0.25) is 0 Å². The van der Waals surface area contributed by atoms with Crippen molar-refractivity contribution >= 4 is 22.6 Å². The van der Waals surface area contributed by atoms with E-state index in [1.807, 2.05) is 54.3 Å². The topological polar surface area (TPSA) is 76.5 Å². The summed E-state index contributed by atoms with van der Waals surface area (Å²) in [4.78, 5) is 35.4. The molecule has 1 atom stereocenters. The number of nitrogens with zero attached hydrogens (tertiary/aromatic N) is 3. The lowest BCUT2D eigenvalue weighted by Gasteiger charge is -2.33. The van der Waals surface area contributed by atoms with Gasteiger partial charge in [0.2, 0.25) is 0 Å². The number of urea groups is 1. The highest BCUT2D eigenvalue weighted by Gasteiger charge is 2.30. The molecule has 4 rings (SSSR count). The zero-order chi connectivity index (χ0) is 31.1. The average molecular weight is 583 g/mol. The van der Waals surface area contributed by atoms with Gasteiger partial charge in [-0.05, 0) is 72.2 Å². The number of aromatic nitrogens is 2. The van der Waals surface area contributed by atoms with Gasteiger partial charge in [0.25, 0.3) is 5.56 Å². The summed E-state index contributed by atoms with van der Waals surface area (Å²) >= 11 is 0.